The number of benzene rings is 1. The zero-order valence-electron chi connectivity index (χ0n) is 9.66. The number of hydrogen-bond acceptors (Lipinski definition) is 3. The number of anilines is 1. The first kappa shape index (κ1) is 13.2. The van der Waals surface area contributed by atoms with E-state index in [1.165, 1.54) is 18.2 Å². The van der Waals surface area contributed by atoms with Gasteiger partial charge in [-0.25, -0.2) is 5.84 Å². The van der Waals surface area contributed by atoms with Crippen LogP contribution in [-0.4, -0.2) is 16.7 Å². The van der Waals surface area contributed by atoms with Crippen molar-refractivity contribution in [2.45, 2.75) is 12.7 Å². The van der Waals surface area contributed by atoms with Crippen LogP contribution in [0.3, 0.4) is 0 Å². The third-order valence-electron chi connectivity index (χ3n) is 2.68. The fraction of sp³-hybridized carbons (Fsp3) is 0.182. The van der Waals surface area contributed by atoms with E-state index in [1.54, 1.807) is 6.07 Å². The Bertz CT molecular complexity index is 633. The Balaban J connectivity index is 2.69. The molecular formula is C11H11F3N4O. The van der Waals surface area contributed by atoms with Gasteiger partial charge in [-0.15, -0.1) is 0 Å². The SMILES string of the molecule is NNC(=O)c1cc2c(N)cccc2n1CC(F)(F)F. The third kappa shape index (κ3) is 2.48. The van der Waals surface area contributed by atoms with Gasteiger partial charge in [0, 0.05) is 11.1 Å². The van der Waals surface area contributed by atoms with Crippen molar-refractivity contribution < 1.29 is 18.0 Å². The number of nitrogens with zero attached hydrogens (tertiary/aromatic N) is 1. The molecule has 2 aromatic rings. The first-order chi connectivity index (χ1) is 8.83. The molecule has 0 saturated carbocycles. The summed E-state index contributed by atoms with van der Waals surface area (Å²) in [5.41, 5.74) is 7.85. The Morgan fingerprint density at radius 3 is 2.63 bits per heavy atom. The maximum Gasteiger partial charge on any atom is 0.406 e. The molecule has 0 fully saturated rings. The molecule has 0 saturated heterocycles. The van der Waals surface area contributed by atoms with Gasteiger partial charge in [0.25, 0.3) is 5.91 Å². The van der Waals surface area contributed by atoms with Crippen molar-refractivity contribution in [3.8, 4) is 0 Å². The number of halogens is 3. The maximum atomic E-state index is 12.6. The number of nitrogens with one attached hydrogen (secondary N) is 1. The molecule has 5 N–H and O–H groups in total. The smallest absolute Gasteiger partial charge is 0.398 e. The minimum Gasteiger partial charge on any atom is -0.398 e. The number of aromatic nitrogens is 1. The predicted octanol–water partition coefficient (Wildman–Crippen LogP) is 1.39. The summed E-state index contributed by atoms with van der Waals surface area (Å²) in [6.45, 7) is -1.29. The Morgan fingerprint density at radius 1 is 1.37 bits per heavy atom. The number of rotatable bonds is 2. The molecule has 0 unspecified atom stereocenters. The molecule has 19 heavy (non-hydrogen) atoms. The Morgan fingerprint density at radius 2 is 2.05 bits per heavy atom. The molecule has 102 valence electrons. The zero-order chi connectivity index (χ0) is 14.2. The van der Waals surface area contributed by atoms with Crippen LogP contribution in [0.2, 0.25) is 0 Å². The molecule has 0 atom stereocenters. The van der Waals surface area contributed by atoms with Crippen LogP contribution in [0, 0.1) is 0 Å². The highest BCUT2D eigenvalue weighted by atomic mass is 19.4. The van der Waals surface area contributed by atoms with Crippen LogP contribution >= 0.6 is 0 Å². The molecule has 5 nitrogen and oxygen atoms in total. The molecule has 0 aliphatic rings. The van der Waals surface area contributed by atoms with Crippen molar-refractivity contribution in [3.05, 3.63) is 30.0 Å². The van der Waals surface area contributed by atoms with Gasteiger partial charge in [0.2, 0.25) is 0 Å². The lowest BCUT2D eigenvalue weighted by Gasteiger charge is -2.12. The Kier molecular flexibility index (Phi) is 3.11. The minimum atomic E-state index is -4.46. The topological polar surface area (TPSA) is 86.1 Å². The van der Waals surface area contributed by atoms with Gasteiger partial charge >= 0.3 is 6.18 Å². The normalized spacial score (nSPS) is 11.8. The van der Waals surface area contributed by atoms with Gasteiger partial charge < -0.3 is 10.3 Å². The number of hydrogen-bond donors (Lipinski definition) is 3. The second kappa shape index (κ2) is 4.47. The molecule has 0 aliphatic carbocycles. The predicted molar refractivity (Wildman–Crippen MR) is 64.1 cm³/mol. The van der Waals surface area contributed by atoms with Crippen molar-refractivity contribution in [1.82, 2.24) is 9.99 Å². The minimum absolute atomic E-state index is 0.187. The second-order valence-electron chi connectivity index (χ2n) is 3.98. The lowest BCUT2D eigenvalue weighted by molar-refractivity contribution is -0.140. The van der Waals surface area contributed by atoms with E-state index in [2.05, 4.69) is 0 Å². The summed E-state index contributed by atoms with van der Waals surface area (Å²) in [7, 11) is 0. The number of alkyl halides is 3. The molecule has 8 heteroatoms. The van der Waals surface area contributed by atoms with E-state index in [1.807, 2.05) is 5.43 Å². The van der Waals surface area contributed by atoms with Crippen LogP contribution in [0.15, 0.2) is 24.3 Å². The van der Waals surface area contributed by atoms with Gasteiger partial charge in [0.05, 0.1) is 5.52 Å². The van der Waals surface area contributed by atoms with Gasteiger partial charge in [-0.1, -0.05) is 6.07 Å². The highest BCUT2D eigenvalue weighted by molar-refractivity contribution is 6.01. The number of hydrazine groups is 1. The van der Waals surface area contributed by atoms with Crippen LogP contribution in [0.4, 0.5) is 18.9 Å². The number of carbonyl (C=O) groups is 1. The fourth-order valence-electron chi connectivity index (χ4n) is 1.92. The average molecular weight is 272 g/mol. The molecule has 0 spiro atoms. The molecule has 1 aromatic heterocycles. The molecular weight excluding hydrogens is 261 g/mol. The summed E-state index contributed by atoms with van der Waals surface area (Å²) in [6.07, 6.45) is -4.46. The summed E-state index contributed by atoms with van der Waals surface area (Å²) in [5.74, 6) is 4.17. The van der Waals surface area contributed by atoms with E-state index in [0.717, 1.165) is 4.57 Å². The summed E-state index contributed by atoms with van der Waals surface area (Å²) in [4.78, 5) is 11.5. The van der Waals surface area contributed by atoms with E-state index >= 15 is 0 Å². The van der Waals surface area contributed by atoms with Crippen LogP contribution < -0.4 is 17.0 Å². The van der Waals surface area contributed by atoms with Crippen LogP contribution in [0.25, 0.3) is 10.9 Å². The highest BCUT2D eigenvalue weighted by Crippen LogP contribution is 2.28. The number of amides is 1. The lowest BCUT2D eigenvalue weighted by atomic mass is 10.2. The molecule has 1 aromatic carbocycles. The van der Waals surface area contributed by atoms with Crippen LogP contribution in [0.5, 0.6) is 0 Å². The lowest BCUT2D eigenvalue weighted by Crippen LogP contribution is -2.33. The second-order valence-corrected chi connectivity index (χ2v) is 3.98. The summed E-state index contributed by atoms with van der Waals surface area (Å²) >= 11 is 0. The number of nitrogens with two attached hydrogens (primary N) is 2. The van der Waals surface area contributed by atoms with Gasteiger partial charge in [0.15, 0.2) is 0 Å². The average Bonchev–Trinajstić information content (AvgIpc) is 2.67. The zero-order valence-corrected chi connectivity index (χ0v) is 9.66. The van der Waals surface area contributed by atoms with E-state index in [9.17, 15) is 18.0 Å². The number of nitrogen functional groups attached to an aromatic ring is 2. The van der Waals surface area contributed by atoms with Crippen LogP contribution in [-0.2, 0) is 6.54 Å². The van der Waals surface area contributed by atoms with Crippen molar-refractivity contribution in [2.75, 3.05) is 5.73 Å². The Hall–Kier alpha value is -2.22. The first-order valence-electron chi connectivity index (χ1n) is 5.29. The third-order valence-corrected chi connectivity index (χ3v) is 2.68. The fourth-order valence-corrected chi connectivity index (χ4v) is 1.92. The summed E-state index contributed by atoms with van der Waals surface area (Å²) in [6, 6.07) is 5.82. The van der Waals surface area contributed by atoms with Crippen LogP contribution in [0.1, 0.15) is 10.5 Å². The first-order valence-corrected chi connectivity index (χ1v) is 5.29. The van der Waals surface area contributed by atoms with Crippen molar-refractivity contribution in [1.29, 1.82) is 0 Å². The number of carbonyl (C=O) groups excluding carboxylic acids is 1. The van der Waals surface area contributed by atoms with E-state index in [-0.39, 0.29) is 11.2 Å². The largest absolute Gasteiger partial charge is 0.406 e. The van der Waals surface area contributed by atoms with Crippen molar-refractivity contribution in [3.63, 3.8) is 0 Å². The maximum absolute atomic E-state index is 12.6. The molecule has 0 bridgehead atoms. The molecule has 0 aliphatic heterocycles. The van der Waals surface area contributed by atoms with Gasteiger partial charge in [-0.05, 0) is 18.2 Å². The highest BCUT2D eigenvalue weighted by Gasteiger charge is 2.31. The quantitative estimate of drug-likeness (QED) is 0.334. The van der Waals surface area contributed by atoms with Gasteiger partial charge in [-0.2, -0.15) is 13.2 Å². The molecule has 1 amide bonds. The molecule has 2 rings (SSSR count). The van der Waals surface area contributed by atoms with E-state index in [4.69, 9.17) is 11.6 Å². The summed E-state index contributed by atoms with van der Waals surface area (Å²) in [5, 5.41) is 0.380. The Labute approximate surface area is 105 Å². The van der Waals surface area contributed by atoms with E-state index in [0.29, 0.717) is 11.1 Å². The molecule has 0 radical (unpaired) electrons. The molecule has 1 heterocycles. The summed E-state index contributed by atoms with van der Waals surface area (Å²) < 4.78 is 38.6. The number of fused-ring (bicyclic) bond motifs is 1. The van der Waals surface area contributed by atoms with Gasteiger partial charge in [-0.3, -0.25) is 10.2 Å². The monoisotopic (exact) mass is 272 g/mol. The van der Waals surface area contributed by atoms with E-state index < -0.39 is 18.6 Å². The van der Waals surface area contributed by atoms with Crippen molar-refractivity contribution >= 4 is 22.5 Å². The standard InChI is InChI=1S/C11H11F3N4O/c12-11(13,14)5-18-8-3-1-2-7(15)6(8)4-9(18)10(19)17-16/h1-4H,5,15-16H2,(H,17,19). The van der Waals surface area contributed by atoms with Gasteiger partial charge in [0.1, 0.15) is 12.2 Å². The van der Waals surface area contributed by atoms with Crippen molar-refractivity contribution in [2.24, 2.45) is 5.84 Å².